The number of carboxylic acid groups (broad SMARTS) is 1. The van der Waals surface area contributed by atoms with Gasteiger partial charge in [0.25, 0.3) is 0 Å². The number of benzene rings is 1. The minimum atomic E-state index is -1.03. The number of hydrogen-bond acceptors (Lipinski definition) is 2. The van der Waals surface area contributed by atoms with Gasteiger partial charge in [-0.2, -0.15) is 0 Å². The molecule has 0 aliphatic rings. The highest BCUT2D eigenvalue weighted by Gasteiger charge is 2.14. The molecule has 0 fully saturated rings. The number of carbonyl (C=O) groups is 1. The van der Waals surface area contributed by atoms with Crippen molar-refractivity contribution in [1.82, 2.24) is 4.98 Å². The van der Waals surface area contributed by atoms with Crippen molar-refractivity contribution in [2.24, 2.45) is 0 Å². The number of halogens is 1. The lowest BCUT2D eigenvalue weighted by molar-refractivity contribution is 0.0697. The van der Waals surface area contributed by atoms with Crippen LogP contribution >= 0.6 is 11.6 Å². The monoisotopic (exact) mass is 247 g/mol. The van der Waals surface area contributed by atoms with Crippen LogP contribution in [0.5, 0.6) is 0 Å². The van der Waals surface area contributed by atoms with Crippen LogP contribution in [0.1, 0.15) is 15.9 Å². The fourth-order valence-electron chi connectivity index (χ4n) is 1.65. The summed E-state index contributed by atoms with van der Waals surface area (Å²) in [6, 6.07) is 6.81. The Morgan fingerprint density at radius 2 is 2.06 bits per heavy atom. The van der Waals surface area contributed by atoms with Crippen LogP contribution in [0.4, 0.5) is 0 Å². The van der Waals surface area contributed by atoms with Crippen LogP contribution < -0.4 is 0 Å². The van der Waals surface area contributed by atoms with Crippen molar-refractivity contribution in [3.05, 3.63) is 52.8 Å². The molecule has 0 atom stereocenters. The van der Waals surface area contributed by atoms with Crippen LogP contribution in [-0.4, -0.2) is 16.1 Å². The molecule has 0 unspecified atom stereocenters. The van der Waals surface area contributed by atoms with Gasteiger partial charge in [-0.15, -0.1) is 0 Å². The Morgan fingerprint density at radius 3 is 2.71 bits per heavy atom. The second kappa shape index (κ2) is 4.55. The first-order valence-electron chi connectivity index (χ1n) is 5.04. The van der Waals surface area contributed by atoms with Crippen molar-refractivity contribution >= 4 is 17.6 Å². The normalized spacial score (nSPS) is 10.2. The first-order chi connectivity index (χ1) is 8.11. The number of aromatic nitrogens is 1. The quantitative estimate of drug-likeness (QED) is 0.885. The second-order valence-corrected chi connectivity index (χ2v) is 4.04. The van der Waals surface area contributed by atoms with E-state index in [1.807, 2.05) is 13.0 Å². The second-order valence-electron chi connectivity index (χ2n) is 3.66. The highest BCUT2D eigenvalue weighted by Crippen LogP contribution is 2.32. The fourth-order valence-corrected chi connectivity index (χ4v) is 1.96. The Hall–Kier alpha value is -1.87. The summed E-state index contributed by atoms with van der Waals surface area (Å²) in [6.45, 7) is 1.93. The summed E-state index contributed by atoms with van der Waals surface area (Å²) in [5.74, 6) is -1.03. The molecule has 0 spiro atoms. The number of hydrogen-bond donors (Lipinski definition) is 1. The Morgan fingerprint density at radius 1 is 1.29 bits per heavy atom. The van der Waals surface area contributed by atoms with Gasteiger partial charge in [-0.25, -0.2) is 4.79 Å². The molecule has 4 heteroatoms. The van der Waals surface area contributed by atoms with Gasteiger partial charge in [-0.1, -0.05) is 23.7 Å². The third-order valence-corrected chi connectivity index (χ3v) is 2.97. The van der Waals surface area contributed by atoms with Crippen molar-refractivity contribution in [2.75, 3.05) is 0 Å². The van der Waals surface area contributed by atoms with E-state index in [1.165, 1.54) is 6.07 Å². The largest absolute Gasteiger partial charge is 0.478 e. The Bertz CT molecular complexity index is 581. The van der Waals surface area contributed by atoms with Gasteiger partial charge in [0.15, 0.2) is 0 Å². The van der Waals surface area contributed by atoms with E-state index in [9.17, 15) is 4.79 Å². The van der Waals surface area contributed by atoms with Crippen LogP contribution in [-0.2, 0) is 0 Å². The predicted octanol–water partition coefficient (Wildman–Crippen LogP) is 3.41. The Kier molecular flexibility index (Phi) is 3.11. The van der Waals surface area contributed by atoms with Gasteiger partial charge < -0.3 is 5.11 Å². The number of pyridine rings is 1. The van der Waals surface area contributed by atoms with E-state index in [4.69, 9.17) is 16.7 Å². The molecular formula is C13H10ClNO2. The van der Waals surface area contributed by atoms with Crippen LogP contribution in [0.15, 0.2) is 36.7 Å². The van der Waals surface area contributed by atoms with Gasteiger partial charge in [-0.3, -0.25) is 4.98 Å². The predicted molar refractivity (Wildman–Crippen MR) is 66.4 cm³/mol. The lowest BCUT2D eigenvalue weighted by atomic mass is 10.0. The van der Waals surface area contributed by atoms with Crippen LogP contribution in [0.3, 0.4) is 0 Å². The number of carboxylic acids is 1. The lowest BCUT2D eigenvalue weighted by Gasteiger charge is -2.09. The molecule has 0 aliphatic carbocycles. The molecule has 0 radical (unpaired) electrons. The van der Waals surface area contributed by atoms with Gasteiger partial charge in [0.05, 0.1) is 10.6 Å². The van der Waals surface area contributed by atoms with Crippen molar-refractivity contribution in [3.8, 4) is 11.1 Å². The molecule has 1 N–H and O–H groups in total. The lowest BCUT2D eigenvalue weighted by Crippen LogP contribution is -1.98. The molecule has 0 saturated heterocycles. The van der Waals surface area contributed by atoms with E-state index in [2.05, 4.69) is 4.98 Å². The minimum Gasteiger partial charge on any atom is -0.478 e. The topological polar surface area (TPSA) is 50.2 Å². The molecule has 86 valence electrons. The van der Waals surface area contributed by atoms with Gasteiger partial charge >= 0.3 is 5.97 Å². The maximum Gasteiger partial charge on any atom is 0.337 e. The molecule has 17 heavy (non-hydrogen) atoms. The minimum absolute atomic E-state index is 0.104. The number of rotatable bonds is 2. The summed E-state index contributed by atoms with van der Waals surface area (Å²) in [6.07, 6.45) is 3.37. The molecule has 1 heterocycles. The zero-order chi connectivity index (χ0) is 12.4. The SMILES string of the molecule is Cc1ccncc1-c1cccc(C(=O)O)c1Cl. The highest BCUT2D eigenvalue weighted by molar-refractivity contribution is 6.36. The molecule has 2 aromatic rings. The molecule has 0 saturated carbocycles. The van der Waals surface area contributed by atoms with Gasteiger partial charge in [-0.05, 0) is 24.6 Å². The van der Waals surface area contributed by atoms with E-state index in [-0.39, 0.29) is 10.6 Å². The van der Waals surface area contributed by atoms with E-state index in [1.54, 1.807) is 24.5 Å². The Balaban J connectivity index is 2.65. The fraction of sp³-hybridized carbons (Fsp3) is 0.0769. The van der Waals surface area contributed by atoms with Crippen LogP contribution in [0.25, 0.3) is 11.1 Å². The number of aromatic carboxylic acids is 1. The zero-order valence-corrected chi connectivity index (χ0v) is 9.90. The van der Waals surface area contributed by atoms with E-state index in [0.29, 0.717) is 5.56 Å². The zero-order valence-electron chi connectivity index (χ0n) is 9.14. The summed E-state index contributed by atoms with van der Waals surface area (Å²) in [5.41, 5.74) is 2.65. The summed E-state index contributed by atoms with van der Waals surface area (Å²) in [4.78, 5) is 15.0. The number of nitrogens with zero attached hydrogens (tertiary/aromatic N) is 1. The van der Waals surface area contributed by atoms with Crippen LogP contribution in [0.2, 0.25) is 5.02 Å². The smallest absolute Gasteiger partial charge is 0.337 e. The van der Waals surface area contributed by atoms with Crippen molar-refractivity contribution in [2.45, 2.75) is 6.92 Å². The van der Waals surface area contributed by atoms with Gasteiger partial charge in [0, 0.05) is 23.5 Å². The molecular weight excluding hydrogens is 238 g/mol. The molecule has 0 bridgehead atoms. The Labute approximate surface area is 104 Å². The average molecular weight is 248 g/mol. The maximum absolute atomic E-state index is 11.0. The summed E-state index contributed by atoms with van der Waals surface area (Å²) in [5, 5.41) is 9.25. The third kappa shape index (κ3) is 2.15. The van der Waals surface area contributed by atoms with E-state index < -0.39 is 5.97 Å². The highest BCUT2D eigenvalue weighted by atomic mass is 35.5. The summed E-state index contributed by atoms with van der Waals surface area (Å²) < 4.78 is 0. The van der Waals surface area contributed by atoms with Gasteiger partial charge in [0.2, 0.25) is 0 Å². The molecule has 3 nitrogen and oxygen atoms in total. The molecule has 1 aromatic heterocycles. The molecule has 2 rings (SSSR count). The van der Waals surface area contributed by atoms with E-state index in [0.717, 1.165) is 11.1 Å². The average Bonchev–Trinajstić information content (AvgIpc) is 2.30. The standard InChI is InChI=1S/C13H10ClNO2/c1-8-5-6-15-7-11(8)9-3-2-4-10(12(9)14)13(16)17/h2-7H,1H3,(H,16,17). The molecule has 0 aliphatic heterocycles. The number of aryl methyl sites for hydroxylation is 1. The van der Waals surface area contributed by atoms with Crippen LogP contribution in [0, 0.1) is 6.92 Å². The van der Waals surface area contributed by atoms with Crippen molar-refractivity contribution in [3.63, 3.8) is 0 Å². The van der Waals surface area contributed by atoms with Crippen molar-refractivity contribution < 1.29 is 9.90 Å². The molecule has 0 amide bonds. The first kappa shape index (κ1) is 11.6. The maximum atomic E-state index is 11.0. The summed E-state index contributed by atoms with van der Waals surface area (Å²) in [7, 11) is 0. The van der Waals surface area contributed by atoms with Crippen molar-refractivity contribution in [1.29, 1.82) is 0 Å². The summed E-state index contributed by atoms with van der Waals surface area (Å²) >= 11 is 6.10. The van der Waals surface area contributed by atoms with Gasteiger partial charge in [0.1, 0.15) is 0 Å². The third-order valence-electron chi connectivity index (χ3n) is 2.56. The molecule has 1 aromatic carbocycles. The first-order valence-corrected chi connectivity index (χ1v) is 5.42. The van der Waals surface area contributed by atoms with E-state index >= 15 is 0 Å².